The third-order valence-electron chi connectivity index (χ3n) is 13.9. The number of ether oxygens (including phenoxy) is 12. The highest BCUT2D eigenvalue weighted by Gasteiger charge is 2.27. The van der Waals surface area contributed by atoms with Crippen molar-refractivity contribution in [3.63, 3.8) is 0 Å². The highest BCUT2D eigenvalue weighted by Crippen LogP contribution is 2.32. The Balaban J connectivity index is 0.000000678. The molecule has 640 valence electrons. The van der Waals surface area contributed by atoms with Crippen LogP contribution >= 0.6 is 0 Å². The first-order chi connectivity index (χ1) is 54.6. The number of carbonyl (C=O) groups is 7. The fraction of sp³-hybridized carbons (Fsp3) is 0.395. The van der Waals surface area contributed by atoms with Crippen LogP contribution in [0.3, 0.4) is 0 Å². The van der Waals surface area contributed by atoms with E-state index in [9.17, 15) is 104 Å². The van der Waals surface area contributed by atoms with Crippen molar-refractivity contribution < 1.29 is 161 Å². The second-order valence-electron chi connectivity index (χ2n) is 23.8. The minimum Gasteiger partial charge on any atom is -0.420 e. The Hall–Kier alpha value is -10.5. The Kier molecular flexibility index (Phi) is 49.2. The highest BCUT2D eigenvalue weighted by molar-refractivity contribution is 5.76. The Labute approximate surface area is 659 Å². The maximum absolute atomic E-state index is 13.4. The van der Waals surface area contributed by atoms with Crippen LogP contribution in [0.15, 0.2) is 72.8 Å². The smallest absolute Gasteiger partial charge is 0.337 e. The molecular weight excluding hydrogens is 1580 g/mol. The Morgan fingerprint density at radius 2 is 0.440 bits per heavy atom. The molecular formula is C81H90F16O19. The zero-order chi connectivity index (χ0) is 88.1. The lowest BCUT2D eigenvalue weighted by atomic mass is 10.2. The quantitative estimate of drug-likeness (QED) is 0.0134. The predicted molar refractivity (Wildman–Crippen MR) is 388 cm³/mol. The molecule has 116 heavy (non-hydrogen) atoms. The molecule has 0 aliphatic carbocycles. The Morgan fingerprint density at radius 1 is 0.233 bits per heavy atom. The van der Waals surface area contributed by atoms with Gasteiger partial charge < -0.3 is 56.8 Å². The van der Waals surface area contributed by atoms with Gasteiger partial charge in [-0.3, -0.25) is 24.0 Å². The van der Waals surface area contributed by atoms with Crippen LogP contribution in [0.1, 0.15) is 139 Å². The van der Waals surface area contributed by atoms with E-state index < -0.39 is 181 Å². The molecule has 0 saturated heterocycles. The Morgan fingerprint density at radius 3 is 0.690 bits per heavy atom. The SMILES string of the molecule is CCC(=O)Oc1c(F)c(F)c(C)c(F)c1F.CCC(=O)Oc1c(F)cc(C)cc1F.CCOCC(=O)Oc1c(F)cc(C)cc1F.CCOCC(=O)Oc1c(F)cc(C)cc1F.CCOCCC(=O)Oc1c(F)cc(C)cc1F.CCOCCCC(=O)Oc1c(F)cc(C)cc1F.CCOCCCCC(=O)Oc1c(F)cc(C)cc1F. The number of aryl methyl sites for hydroxylation is 6. The summed E-state index contributed by atoms with van der Waals surface area (Å²) in [5.74, 6) is -27.7. The van der Waals surface area contributed by atoms with Gasteiger partial charge in [0, 0.05) is 77.5 Å². The van der Waals surface area contributed by atoms with Crippen LogP contribution in [-0.4, -0.2) is 108 Å². The van der Waals surface area contributed by atoms with Crippen molar-refractivity contribution in [2.75, 3.05) is 66.1 Å². The van der Waals surface area contributed by atoms with E-state index in [2.05, 4.69) is 28.4 Å². The van der Waals surface area contributed by atoms with E-state index in [4.69, 9.17) is 28.4 Å². The van der Waals surface area contributed by atoms with Crippen LogP contribution < -0.4 is 33.2 Å². The second kappa shape index (κ2) is 55.1. The van der Waals surface area contributed by atoms with Gasteiger partial charge in [0.05, 0.1) is 13.0 Å². The third kappa shape index (κ3) is 38.8. The summed E-state index contributed by atoms with van der Waals surface area (Å²) in [4.78, 5) is 77.8. The van der Waals surface area contributed by atoms with E-state index in [1.165, 1.54) is 20.8 Å². The monoisotopic (exact) mass is 1670 g/mol. The molecule has 0 spiro atoms. The van der Waals surface area contributed by atoms with Crippen LogP contribution in [0.25, 0.3) is 0 Å². The van der Waals surface area contributed by atoms with Crippen molar-refractivity contribution in [2.45, 2.75) is 148 Å². The fourth-order valence-corrected chi connectivity index (χ4v) is 8.42. The molecule has 0 aromatic heterocycles. The number of benzene rings is 7. The average molecular weight is 1670 g/mol. The molecule has 0 bridgehead atoms. The topological polar surface area (TPSA) is 230 Å². The molecule has 0 amide bonds. The van der Waals surface area contributed by atoms with Crippen molar-refractivity contribution in [3.05, 3.63) is 205 Å². The predicted octanol–water partition coefficient (Wildman–Crippen LogP) is 18.9. The summed E-state index contributed by atoms with van der Waals surface area (Å²) < 4.78 is 268. The van der Waals surface area contributed by atoms with Crippen molar-refractivity contribution in [1.82, 2.24) is 0 Å². The maximum Gasteiger partial charge on any atom is 0.337 e. The first-order valence-electron chi connectivity index (χ1n) is 35.5. The second-order valence-corrected chi connectivity index (χ2v) is 23.8. The summed E-state index contributed by atoms with van der Waals surface area (Å²) in [6, 6.07) is 13.3. The standard InChI is InChI=1S/C14H18F2O3.C13H16F2O3.C12H14F2O3.2C11H12F2O3.C10H8F4O2.C10H10F2O2/c1-3-18-7-5-4-6-13(17)19-14-11(15)8-10(2)9-12(14)16;1-3-17-6-4-5-12(16)18-13-10(14)7-9(2)8-11(13)15;1-3-16-5-4-11(15)17-12-9(13)6-8(2)7-10(12)14;2*1-3-15-6-10(14)16-11-8(12)4-7(2)5-9(11)13;1-3-5(15)16-10-8(13)6(11)4(2)7(12)9(10)14;1-3-9(13)14-10-7(11)4-6(2)5-8(10)12/h8-9H,3-7H2,1-2H3;7-8H,3-6H2,1-2H3;6-7H,3-5H2,1-2H3;2*4-5H,3,6H2,1-2H3;3H2,1-2H3;4-5H,3H2,1-2H3. The summed E-state index contributed by atoms with van der Waals surface area (Å²) >= 11 is 0. The molecule has 35 heteroatoms. The molecule has 19 nitrogen and oxygen atoms in total. The number of unbranched alkanes of at least 4 members (excludes halogenated alkanes) is 1. The lowest BCUT2D eigenvalue weighted by Crippen LogP contribution is -2.17. The molecule has 0 fully saturated rings. The van der Waals surface area contributed by atoms with E-state index in [1.807, 2.05) is 13.8 Å². The van der Waals surface area contributed by atoms with Gasteiger partial charge in [0.15, 0.2) is 81.4 Å². The average Bonchev–Trinajstić information content (AvgIpc) is 0.795. The summed E-state index contributed by atoms with van der Waals surface area (Å²) in [6.07, 6.45) is 1.77. The van der Waals surface area contributed by atoms with E-state index in [-0.39, 0.29) is 51.9 Å². The number of hydrogen-bond donors (Lipinski definition) is 0. The number of esters is 7. The van der Waals surface area contributed by atoms with Crippen molar-refractivity contribution >= 4 is 41.8 Å². The lowest BCUT2D eigenvalue weighted by Gasteiger charge is -2.09. The summed E-state index contributed by atoms with van der Waals surface area (Å²) in [5.41, 5.74) is 1.77. The first kappa shape index (κ1) is 104. The molecule has 0 unspecified atom stereocenters. The van der Waals surface area contributed by atoms with Crippen LogP contribution in [0.5, 0.6) is 40.2 Å². The molecule has 7 rings (SSSR count). The van der Waals surface area contributed by atoms with Crippen molar-refractivity contribution in [3.8, 4) is 40.2 Å². The van der Waals surface area contributed by atoms with Gasteiger partial charge in [-0.05, 0) is 209 Å². The normalized spacial score (nSPS) is 10.3. The van der Waals surface area contributed by atoms with Gasteiger partial charge in [0.1, 0.15) is 13.2 Å². The van der Waals surface area contributed by atoms with Crippen LogP contribution in [0.2, 0.25) is 0 Å². The molecule has 7 aromatic rings. The zero-order valence-electron chi connectivity index (χ0n) is 66.0. The molecule has 0 radical (unpaired) electrons. The molecule has 0 saturated carbocycles. The summed E-state index contributed by atoms with van der Waals surface area (Å²) in [5, 5.41) is 0. The van der Waals surface area contributed by atoms with Crippen molar-refractivity contribution in [1.29, 1.82) is 0 Å². The summed E-state index contributed by atoms with van der Waals surface area (Å²) in [7, 11) is 0. The molecule has 7 aromatic carbocycles. The number of rotatable bonds is 30. The molecule has 0 aliphatic heterocycles. The van der Waals surface area contributed by atoms with Gasteiger partial charge in [-0.15, -0.1) is 0 Å². The number of hydrogen-bond acceptors (Lipinski definition) is 19. The van der Waals surface area contributed by atoms with Gasteiger partial charge in [0.2, 0.25) is 51.9 Å². The zero-order valence-corrected chi connectivity index (χ0v) is 66.0. The molecule has 0 aliphatic rings. The van der Waals surface area contributed by atoms with Gasteiger partial charge in [-0.25, -0.2) is 71.1 Å². The van der Waals surface area contributed by atoms with E-state index >= 15 is 0 Å². The Bertz CT molecular complexity index is 4130. The highest BCUT2D eigenvalue weighted by atomic mass is 19.2. The van der Waals surface area contributed by atoms with Gasteiger partial charge >= 0.3 is 41.8 Å². The number of carbonyl (C=O) groups excluding carboxylic acids is 7. The van der Waals surface area contributed by atoms with Crippen LogP contribution in [-0.2, 0) is 57.2 Å². The van der Waals surface area contributed by atoms with Crippen LogP contribution in [0, 0.1) is 142 Å². The van der Waals surface area contributed by atoms with Crippen LogP contribution in [0.4, 0.5) is 70.2 Å². The molecule has 0 heterocycles. The number of halogens is 16. The van der Waals surface area contributed by atoms with Crippen molar-refractivity contribution in [2.24, 2.45) is 0 Å². The first-order valence-corrected chi connectivity index (χ1v) is 35.5. The van der Waals surface area contributed by atoms with Gasteiger partial charge in [-0.2, -0.15) is 8.78 Å². The molecule has 0 N–H and O–H groups in total. The van der Waals surface area contributed by atoms with E-state index in [0.717, 1.165) is 79.7 Å². The lowest BCUT2D eigenvalue weighted by molar-refractivity contribution is -0.140. The minimum atomic E-state index is -1.71. The van der Waals surface area contributed by atoms with Gasteiger partial charge in [-0.1, -0.05) is 13.8 Å². The fourth-order valence-electron chi connectivity index (χ4n) is 8.42. The summed E-state index contributed by atoms with van der Waals surface area (Å²) in [6.45, 7) is 24.8. The third-order valence-corrected chi connectivity index (χ3v) is 13.9. The largest absolute Gasteiger partial charge is 0.420 e. The van der Waals surface area contributed by atoms with Gasteiger partial charge in [0.25, 0.3) is 0 Å². The maximum atomic E-state index is 13.4. The van der Waals surface area contributed by atoms with E-state index in [1.54, 1.807) is 55.4 Å². The minimum absolute atomic E-state index is 0.0411. The van der Waals surface area contributed by atoms with E-state index in [0.29, 0.717) is 98.9 Å². The molecule has 0 atom stereocenters.